The SMILES string of the molecule is COc1ccc(-c2csc(-c3cccc(O)c3)n2)cc1. The minimum absolute atomic E-state index is 0.253. The van der Waals surface area contributed by atoms with Gasteiger partial charge in [-0.05, 0) is 36.4 Å². The van der Waals surface area contributed by atoms with Crippen LogP contribution in [-0.2, 0) is 0 Å². The maximum absolute atomic E-state index is 9.52. The molecule has 0 aliphatic carbocycles. The molecule has 2 aromatic carbocycles. The Morgan fingerprint density at radius 1 is 1.05 bits per heavy atom. The van der Waals surface area contributed by atoms with E-state index in [1.165, 1.54) is 0 Å². The van der Waals surface area contributed by atoms with Gasteiger partial charge in [0, 0.05) is 16.5 Å². The van der Waals surface area contributed by atoms with Gasteiger partial charge in [0.05, 0.1) is 12.8 Å². The molecular formula is C16H13NO2S. The van der Waals surface area contributed by atoms with Gasteiger partial charge in [-0.1, -0.05) is 12.1 Å². The minimum atomic E-state index is 0.253. The van der Waals surface area contributed by atoms with Crippen molar-refractivity contribution in [2.24, 2.45) is 0 Å². The van der Waals surface area contributed by atoms with Gasteiger partial charge in [-0.3, -0.25) is 0 Å². The summed E-state index contributed by atoms with van der Waals surface area (Å²) in [4.78, 5) is 4.61. The third-order valence-electron chi connectivity index (χ3n) is 2.98. The number of benzene rings is 2. The Morgan fingerprint density at radius 2 is 1.85 bits per heavy atom. The Morgan fingerprint density at radius 3 is 2.55 bits per heavy atom. The quantitative estimate of drug-likeness (QED) is 0.783. The van der Waals surface area contributed by atoms with Crippen molar-refractivity contribution in [3.8, 4) is 33.3 Å². The average Bonchev–Trinajstić information content (AvgIpc) is 2.97. The standard InChI is InChI=1S/C16H13NO2S/c1-19-14-7-5-11(6-8-14)15-10-20-16(17-15)12-3-2-4-13(18)9-12/h2-10,18H,1H3. The van der Waals surface area contributed by atoms with Crippen molar-refractivity contribution >= 4 is 11.3 Å². The van der Waals surface area contributed by atoms with E-state index in [9.17, 15) is 5.11 Å². The normalized spacial score (nSPS) is 10.4. The van der Waals surface area contributed by atoms with E-state index in [1.54, 1.807) is 30.6 Å². The second-order valence-corrected chi connectivity index (χ2v) is 5.17. The number of hydrogen-bond donors (Lipinski definition) is 1. The Labute approximate surface area is 121 Å². The highest BCUT2D eigenvalue weighted by atomic mass is 32.1. The van der Waals surface area contributed by atoms with Crippen molar-refractivity contribution in [3.63, 3.8) is 0 Å². The van der Waals surface area contributed by atoms with Crippen LogP contribution in [0.4, 0.5) is 0 Å². The van der Waals surface area contributed by atoms with E-state index in [0.717, 1.165) is 27.6 Å². The molecule has 0 bridgehead atoms. The van der Waals surface area contributed by atoms with Crippen LogP contribution in [0.3, 0.4) is 0 Å². The molecule has 0 aliphatic heterocycles. The molecule has 4 heteroatoms. The molecule has 1 heterocycles. The molecule has 3 rings (SSSR count). The lowest BCUT2D eigenvalue weighted by Gasteiger charge is -2.00. The lowest BCUT2D eigenvalue weighted by atomic mass is 10.1. The second-order valence-electron chi connectivity index (χ2n) is 4.32. The molecule has 20 heavy (non-hydrogen) atoms. The first-order chi connectivity index (χ1) is 9.76. The molecular weight excluding hydrogens is 270 g/mol. The number of phenolic OH excluding ortho intramolecular Hbond substituents is 1. The molecule has 1 aromatic heterocycles. The molecule has 1 N–H and O–H groups in total. The number of phenols is 1. The van der Waals surface area contributed by atoms with Crippen molar-refractivity contribution in [1.82, 2.24) is 4.98 Å². The second kappa shape index (κ2) is 5.35. The van der Waals surface area contributed by atoms with Gasteiger partial charge < -0.3 is 9.84 Å². The lowest BCUT2D eigenvalue weighted by Crippen LogP contribution is -1.83. The summed E-state index contributed by atoms with van der Waals surface area (Å²) in [5, 5.41) is 12.4. The fraction of sp³-hybridized carbons (Fsp3) is 0.0625. The van der Waals surface area contributed by atoms with Gasteiger partial charge in [0.2, 0.25) is 0 Å². The number of ether oxygens (including phenoxy) is 1. The molecule has 0 unspecified atom stereocenters. The molecule has 3 nitrogen and oxygen atoms in total. The van der Waals surface area contributed by atoms with Crippen molar-refractivity contribution in [1.29, 1.82) is 0 Å². The van der Waals surface area contributed by atoms with Crippen molar-refractivity contribution in [2.75, 3.05) is 7.11 Å². The number of nitrogens with zero attached hydrogens (tertiary/aromatic N) is 1. The van der Waals surface area contributed by atoms with Crippen LogP contribution >= 0.6 is 11.3 Å². The maximum Gasteiger partial charge on any atom is 0.124 e. The zero-order valence-electron chi connectivity index (χ0n) is 10.9. The Balaban J connectivity index is 1.93. The van der Waals surface area contributed by atoms with Crippen LogP contribution in [0.15, 0.2) is 53.9 Å². The van der Waals surface area contributed by atoms with Crippen LogP contribution in [-0.4, -0.2) is 17.2 Å². The van der Waals surface area contributed by atoms with Crippen LogP contribution in [0.5, 0.6) is 11.5 Å². The van der Waals surface area contributed by atoms with E-state index in [-0.39, 0.29) is 5.75 Å². The van der Waals surface area contributed by atoms with Crippen LogP contribution in [0.25, 0.3) is 21.8 Å². The van der Waals surface area contributed by atoms with Gasteiger partial charge in [0.15, 0.2) is 0 Å². The fourth-order valence-electron chi connectivity index (χ4n) is 1.94. The Bertz CT molecular complexity index is 719. The molecule has 0 radical (unpaired) electrons. The highest BCUT2D eigenvalue weighted by Crippen LogP contribution is 2.30. The van der Waals surface area contributed by atoms with E-state index in [1.807, 2.05) is 41.8 Å². The number of thiazole rings is 1. The molecule has 0 fully saturated rings. The van der Waals surface area contributed by atoms with Crippen LogP contribution in [0.1, 0.15) is 0 Å². The molecule has 0 saturated heterocycles. The highest BCUT2D eigenvalue weighted by Gasteiger charge is 2.07. The number of aromatic hydroxyl groups is 1. The molecule has 0 spiro atoms. The summed E-state index contributed by atoms with van der Waals surface area (Å²) in [6, 6.07) is 14.9. The molecule has 0 amide bonds. The maximum atomic E-state index is 9.52. The van der Waals surface area contributed by atoms with E-state index < -0.39 is 0 Å². The average molecular weight is 283 g/mol. The van der Waals surface area contributed by atoms with Gasteiger partial charge in [-0.15, -0.1) is 11.3 Å². The third kappa shape index (κ3) is 2.51. The number of aromatic nitrogens is 1. The zero-order chi connectivity index (χ0) is 13.9. The third-order valence-corrected chi connectivity index (χ3v) is 3.87. The summed E-state index contributed by atoms with van der Waals surface area (Å²) in [6.07, 6.45) is 0. The number of methoxy groups -OCH3 is 1. The van der Waals surface area contributed by atoms with Crippen molar-refractivity contribution in [3.05, 3.63) is 53.9 Å². The predicted octanol–water partition coefficient (Wildman–Crippen LogP) is 4.19. The topological polar surface area (TPSA) is 42.4 Å². The van der Waals surface area contributed by atoms with Crippen LogP contribution < -0.4 is 4.74 Å². The van der Waals surface area contributed by atoms with E-state index in [4.69, 9.17) is 4.74 Å². The predicted molar refractivity (Wildman–Crippen MR) is 81.2 cm³/mol. The minimum Gasteiger partial charge on any atom is -0.508 e. The largest absolute Gasteiger partial charge is 0.508 e. The molecule has 3 aromatic rings. The van der Waals surface area contributed by atoms with Gasteiger partial charge >= 0.3 is 0 Å². The van der Waals surface area contributed by atoms with Gasteiger partial charge in [0.1, 0.15) is 16.5 Å². The summed E-state index contributed by atoms with van der Waals surface area (Å²) < 4.78 is 5.15. The summed E-state index contributed by atoms with van der Waals surface area (Å²) in [5.74, 6) is 1.08. The monoisotopic (exact) mass is 283 g/mol. The molecule has 0 atom stereocenters. The first-order valence-corrected chi connectivity index (χ1v) is 7.03. The first kappa shape index (κ1) is 12.7. The van der Waals surface area contributed by atoms with Gasteiger partial charge in [-0.25, -0.2) is 4.98 Å². The molecule has 0 aliphatic rings. The fourth-order valence-corrected chi connectivity index (χ4v) is 2.77. The molecule has 100 valence electrons. The summed E-state index contributed by atoms with van der Waals surface area (Å²) in [7, 11) is 1.65. The summed E-state index contributed by atoms with van der Waals surface area (Å²) in [6.45, 7) is 0. The van der Waals surface area contributed by atoms with Crippen LogP contribution in [0, 0.1) is 0 Å². The van der Waals surface area contributed by atoms with E-state index >= 15 is 0 Å². The Kier molecular flexibility index (Phi) is 3.39. The number of hydrogen-bond acceptors (Lipinski definition) is 4. The smallest absolute Gasteiger partial charge is 0.124 e. The van der Waals surface area contributed by atoms with Crippen LogP contribution in [0.2, 0.25) is 0 Å². The van der Waals surface area contributed by atoms with Crippen molar-refractivity contribution in [2.45, 2.75) is 0 Å². The number of rotatable bonds is 3. The van der Waals surface area contributed by atoms with Gasteiger partial charge in [-0.2, -0.15) is 0 Å². The van der Waals surface area contributed by atoms with Gasteiger partial charge in [0.25, 0.3) is 0 Å². The Hall–Kier alpha value is -2.33. The summed E-state index contributed by atoms with van der Waals surface area (Å²) in [5.41, 5.74) is 2.90. The zero-order valence-corrected chi connectivity index (χ0v) is 11.7. The lowest BCUT2D eigenvalue weighted by molar-refractivity contribution is 0.415. The van der Waals surface area contributed by atoms with Crippen molar-refractivity contribution < 1.29 is 9.84 Å². The first-order valence-electron chi connectivity index (χ1n) is 6.15. The molecule has 0 saturated carbocycles. The highest BCUT2D eigenvalue weighted by molar-refractivity contribution is 7.13. The van der Waals surface area contributed by atoms with E-state index in [0.29, 0.717) is 0 Å². The summed E-state index contributed by atoms with van der Waals surface area (Å²) >= 11 is 1.56. The van der Waals surface area contributed by atoms with E-state index in [2.05, 4.69) is 4.98 Å².